The summed E-state index contributed by atoms with van der Waals surface area (Å²) in [6.45, 7) is 0.305. The van der Waals surface area contributed by atoms with Crippen molar-refractivity contribution < 1.29 is 5.11 Å². The first kappa shape index (κ1) is 7.80. The third-order valence-electron chi connectivity index (χ3n) is 2.75. The van der Waals surface area contributed by atoms with E-state index in [0.29, 0.717) is 6.61 Å². The minimum atomic E-state index is 0.180. The highest BCUT2D eigenvalue weighted by Crippen LogP contribution is 2.47. The fraction of sp³-hybridized carbons (Fsp3) is 0.667. The Hall–Kier alpha value is -0.830. The van der Waals surface area contributed by atoms with Crippen LogP contribution in [0.2, 0.25) is 0 Å². The SMILES string of the molecule is Cn1ccnc1CC1(CO)CC1. The maximum absolute atomic E-state index is 9.11. The molecule has 66 valence electrons. The van der Waals surface area contributed by atoms with Gasteiger partial charge < -0.3 is 9.67 Å². The third-order valence-corrected chi connectivity index (χ3v) is 2.75. The molecule has 1 aliphatic carbocycles. The van der Waals surface area contributed by atoms with Gasteiger partial charge in [-0.15, -0.1) is 0 Å². The first-order valence-electron chi connectivity index (χ1n) is 4.33. The van der Waals surface area contributed by atoms with Gasteiger partial charge in [0.15, 0.2) is 0 Å². The van der Waals surface area contributed by atoms with Gasteiger partial charge in [-0.05, 0) is 12.8 Å². The van der Waals surface area contributed by atoms with E-state index in [9.17, 15) is 0 Å². The standard InChI is InChI=1S/C9H14N2O/c1-11-5-4-10-8(11)6-9(7-12)2-3-9/h4-5,12H,2-3,6-7H2,1H3. The van der Waals surface area contributed by atoms with Crippen molar-refractivity contribution in [3.63, 3.8) is 0 Å². The van der Waals surface area contributed by atoms with Gasteiger partial charge in [0.05, 0.1) is 0 Å². The molecular weight excluding hydrogens is 152 g/mol. The van der Waals surface area contributed by atoms with E-state index in [1.54, 1.807) is 0 Å². The molecule has 0 aromatic carbocycles. The largest absolute Gasteiger partial charge is 0.396 e. The molecule has 0 aliphatic heterocycles. The number of aliphatic hydroxyl groups is 1. The number of nitrogens with zero attached hydrogens (tertiary/aromatic N) is 2. The fourth-order valence-electron chi connectivity index (χ4n) is 1.47. The van der Waals surface area contributed by atoms with E-state index in [1.165, 1.54) is 0 Å². The van der Waals surface area contributed by atoms with Crippen LogP contribution in [0.1, 0.15) is 18.7 Å². The molecule has 0 saturated heterocycles. The molecular formula is C9H14N2O. The lowest BCUT2D eigenvalue weighted by Gasteiger charge is -2.10. The molecule has 0 radical (unpaired) electrons. The zero-order valence-corrected chi connectivity index (χ0v) is 7.32. The van der Waals surface area contributed by atoms with Gasteiger partial charge in [0.25, 0.3) is 0 Å². The third kappa shape index (κ3) is 1.25. The van der Waals surface area contributed by atoms with E-state index in [4.69, 9.17) is 5.11 Å². The molecule has 0 spiro atoms. The summed E-state index contributed by atoms with van der Waals surface area (Å²) in [5, 5.41) is 9.11. The quantitative estimate of drug-likeness (QED) is 0.719. The normalized spacial score (nSPS) is 19.5. The Morgan fingerprint density at radius 1 is 1.67 bits per heavy atom. The van der Waals surface area contributed by atoms with Crippen LogP contribution in [0.5, 0.6) is 0 Å². The van der Waals surface area contributed by atoms with Crippen molar-refractivity contribution in [1.29, 1.82) is 0 Å². The van der Waals surface area contributed by atoms with E-state index in [2.05, 4.69) is 4.98 Å². The summed E-state index contributed by atoms with van der Waals surface area (Å²) in [7, 11) is 2.00. The van der Waals surface area contributed by atoms with Gasteiger partial charge in [-0.25, -0.2) is 4.98 Å². The van der Waals surface area contributed by atoms with Crippen molar-refractivity contribution in [2.45, 2.75) is 19.3 Å². The van der Waals surface area contributed by atoms with Gasteiger partial charge >= 0.3 is 0 Å². The second-order valence-corrected chi connectivity index (χ2v) is 3.79. The molecule has 1 saturated carbocycles. The van der Waals surface area contributed by atoms with Crippen LogP contribution in [0.25, 0.3) is 0 Å². The summed E-state index contributed by atoms with van der Waals surface area (Å²) in [6.07, 6.45) is 6.98. The van der Waals surface area contributed by atoms with E-state index in [1.807, 2.05) is 24.0 Å². The zero-order valence-electron chi connectivity index (χ0n) is 7.32. The Labute approximate surface area is 72.0 Å². The highest BCUT2D eigenvalue weighted by atomic mass is 16.3. The molecule has 0 bridgehead atoms. The van der Waals surface area contributed by atoms with Crippen LogP contribution < -0.4 is 0 Å². The Bertz CT molecular complexity index is 276. The number of hydrogen-bond acceptors (Lipinski definition) is 2. The highest BCUT2D eigenvalue weighted by molar-refractivity contribution is 5.03. The predicted molar refractivity (Wildman–Crippen MR) is 45.7 cm³/mol. The molecule has 1 fully saturated rings. The Balaban J connectivity index is 2.08. The second-order valence-electron chi connectivity index (χ2n) is 3.79. The summed E-state index contributed by atoms with van der Waals surface area (Å²) in [5.74, 6) is 1.08. The lowest BCUT2D eigenvalue weighted by molar-refractivity contribution is 0.208. The number of hydrogen-bond donors (Lipinski definition) is 1. The topological polar surface area (TPSA) is 38.0 Å². The number of imidazole rings is 1. The Morgan fingerprint density at radius 2 is 2.42 bits per heavy atom. The fourth-order valence-corrected chi connectivity index (χ4v) is 1.47. The minimum absolute atomic E-state index is 0.180. The number of aliphatic hydroxyl groups excluding tert-OH is 1. The maximum atomic E-state index is 9.11. The second kappa shape index (κ2) is 2.59. The molecule has 1 aromatic heterocycles. The number of aromatic nitrogens is 2. The van der Waals surface area contributed by atoms with Crippen LogP contribution >= 0.6 is 0 Å². The molecule has 1 heterocycles. The van der Waals surface area contributed by atoms with Crippen molar-refractivity contribution in [1.82, 2.24) is 9.55 Å². The molecule has 2 rings (SSSR count). The van der Waals surface area contributed by atoms with Gasteiger partial charge in [0, 0.05) is 37.9 Å². The summed E-state index contributed by atoms with van der Waals surface area (Å²) in [5.41, 5.74) is 0.180. The molecule has 0 atom stereocenters. The summed E-state index contributed by atoms with van der Waals surface area (Å²) >= 11 is 0. The molecule has 3 nitrogen and oxygen atoms in total. The van der Waals surface area contributed by atoms with Crippen LogP contribution in [-0.4, -0.2) is 21.3 Å². The predicted octanol–water partition coefficient (Wildman–Crippen LogP) is 0.735. The smallest absolute Gasteiger partial charge is 0.109 e. The van der Waals surface area contributed by atoms with Crippen LogP contribution in [0.3, 0.4) is 0 Å². The van der Waals surface area contributed by atoms with Crippen LogP contribution in [0, 0.1) is 5.41 Å². The van der Waals surface area contributed by atoms with Crippen molar-refractivity contribution in [2.75, 3.05) is 6.61 Å². The van der Waals surface area contributed by atoms with Gasteiger partial charge in [-0.3, -0.25) is 0 Å². The van der Waals surface area contributed by atoms with E-state index >= 15 is 0 Å². The van der Waals surface area contributed by atoms with Gasteiger partial charge in [0.1, 0.15) is 5.82 Å². The molecule has 12 heavy (non-hydrogen) atoms. The van der Waals surface area contributed by atoms with E-state index in [0.717, 1.165) is 25.1 Å². The summed E-state index contributed by atoms with van der Waals surface area (Å²) in [6, 6.07) is 0. The Kier molecular flexibility index (Phi) is 1.68. The Morgan fingerprint density at radius 3 is 2.83 bits per heavy atom. The highest BCUT2D eigenvalue weighted by Gasteiger charge is 2.42. The van der Waals surface area contributed by atoms with Gasteiger partial charge in [0.2, 0.25) is 0 Å². The van der Waals surface area contributed by atoms with Crippen molar-refractivity contribution >= 4 is 0 Å². The molecule has 0 amide bonds. The van der Waals surface area contributed by atoms with E-state index < -0.39 is 0 Å². The molecule has 1 aromatic rings. The first-order valence-corrected chi connectivity index (χ1v) is 4.33. The lowest BCUT2D eigenvalue weighted by atomic mass is 10.0. The van der Waals surface area contributed by atoms with Gasteiger partial charge in [-0.2, -0.15) is 0 Å². The van der Waals surface area contributed by atoms with Crippen LogP contribution in [-0.2, 0) is 13.5 Å². The minimum Gasteiger partial charge on any atom is -0.396 e. The zero-order chi connectivity index (χ0) is 8.60. The molecule has 0 unspecified atom stereocenters. The van der Waals surface area contributed by atoms with Crippen LogP contribution in [0.15, 0.2) is 12.4 Å². The van der Waals surface area contributed by atoms with Gasteiger partial charge in [-0.1, -0.05) is 0 Å². The molecule has 3 heteroatoms. The van der Waals surface area contributed by atoms with Crippen LogP contribution in [0.4, 0.5) is 0 Å². The lowest BCUT2D eigenvalue weighted by Crippen LogP contribution is -2.13. The molecule has 1 aliphatic rings. The maximum Gasteiger partial charge on any atom is 0.109 e. The summed E-state index contributed by atoms with van der Waals surface area (Å²) < 4.78 is 2.02. The number of rotatable bonds is 3. The van der Waals surface area contributed by atoms with E-state index in [-0.39, 0.29) is 5.41 Å². The summed E-state index contributed by atoms with van der Waals surface area (Å²) in [4.78, 5) is 4.24. The monoisotopic (exact) mass is 166 g/mol. The number of aryl methyl sites for hydroxylation is 1. The van der Waals surface area contributed by atoms with Crippen molar-refractivity contribution in [2.24, 2.45) is 12.5 Å². The molecule has 1 N–H and O–H groups in total. The van der Waals surface area contributed by atoms with Crippen molar-refractivity contribution in [3.05, 3.63) is 18.2 Å². The average molecular weight is 166 g/mol. The first-order chi connectivity index (χ1) is 5.76. The van der Waals surface area contributed by atoms with Crippen molar-refractivity contribution in [3.8, 4) is 0 Å². The average Bonchev–Trinajstić information content (AvgIpc) is 2.74.